The Labute approximate surface area is 360 Å². The summed E-state index contributed by atoms with van der Waals surface area (Å²) in [5.41, 5.74) is 8.47. The molecule has 0 bridgehead atoms. The summed E-state index contributed by atoms with van der Waals surface area (Å²) in [7, 11) is 0. The van der Waals surface area contributed by atoms with Crippen LogP contribution < -0.4 is 15.5 Å². The molecule has 0 radical (unpaired) electrons. The second kappa shape index (κ2) is 16.9. The van der Waals surface area contributed by atoms with Gasteiger partial charge in [-0.25, -0.2) is 9.97 Å². The number of carbonyl (C=O) groups is 2. The SMILES string of the molecule is CC(C)c1cc(C(=O)N2Cc3ccc(CN4CCC(O)(C(=O)N5CCC6(CC5)CN(c5nc(-c7cnc(N)nc7)nc(N7CCOCC7)n5)CCO6)CC4)cc3C2)c(O)cc1O. The zero-order chi connectivity index (χ0) is 43.2. The summed E-state index contributed by atoms with van der Waals surface area (Å²) >= 11 is 0. The van der Waals surface area contributed by atoms with Gasteiger partial charge < -0.3 is 50.1 Å². The van der Waals surface area contributed by atoms with Crippen molar-refractivity contribution in [2.75, 3.05) is 87.7 Å². The molecule has 0 atom stereocenters. The van der Waals surface area contributed by atoms with Crippen molar-refractivity contribution in [3.8, 4) is 22.9 Å². The number of likely N-dealkylation sites (tertiary alicyclic amines) is 2. The number of benzene rings is 2. The van der Waals surface area contributed by atoms with Gasteiger partial charge >= 0.3 is 0 Å². The summed E-state index contributed by atoms with van der Waals surface area (Å²) < 4.78 is 12.0. The van der Waals surface area contributed by atoms with Crippen LogP contribution in [-0.4, -0.2) is 150 Å². The quantitative estimate of drug-likeness (QED) is 0.200. The van der Waals surface area contributed by atoms with Crippen LogP contribution in [0, 0.1) is 0 Å². The number of nitrogen functional groups attached to an aromatic ring is 1. The molecular formula is C44H55N11O7. The first-order valence-corrected chi connectivity index (χ1v) is 21.6. The number of nitrogens with zero attached hydrogens (tertiary/aromatic N) is 10. The lowest BCUT2D eigenvalue weighted by Crippen LogP contribution is -2.61. The second-order valence-corrected chi connectivity index (χ2v) is 17.6. The molecule has 328 valence electrons. The number of aromatic nitrogens is 5. The maximum absolute atomic E-state index is 14.0. The van der Waals surface area contributed by atoms with Crippen molar-refractivity contribution < 1.29 is 34.4 Å². The number of carbonyl (C=O) groups excluding carboxylic acids is 2. The molecule has 0 unspecified atom stereocenters. The van der Waals surface area contributed by atoms with E-state index >= 15 is 0 Å². The van der Waals surface area contributed by atoms with Crippen LogP contribution in [0.25, 0.3) is 11.4 Å². The topological polar surface area (TPSA) is 220 Å². The summed E-state index contributed by atoms with van der Waals surface area (Å²) in [6.07, 6.45) is 5.14. The van der Waals surface area contributed by atoms with E-state index in [2.05, 4.69) is 42.9 Å². The van der Waals surface area contributed by atoms with Crippen molar-refractivity contribution in [3.63, 3.8) is 0 Å². The van der Waals surface area contributed by atoms with Gasteiger partial charge in [-0.1, -0.05) is 32.0 Å². The zero-order valence-electron chi connectivity index (χ0n) is 35.4. The fourth-order valence-electron chi connectivity index (χ4n) is 9.35. The van der Waals surface area contributed by atoms with Crippen molar-refractivity contribution in [2.45, 2.75) is 76.3 Å². The Bertz CT molecular complexity index is 2310. The van der Waals surface area contributed by atoms with Crippen molar-refractivity contribution >= 4 is 29.7 Å². The molecule has 0 saturated carbocycles. The summed E-state index contributed by atoms with van der Waals surface area (Å²) in [6, 6.07) is 9.09. The Hall–Kier alpha value is -5.69. The first-order chi connectivity index (χ1) is 29.8. The highest BCUT2D eigenvalue weighted by atomic mass is 16.5. The number of anilines is 3. The largest absolute Gasteiger partial charge is 0.508 e. The normalized spacial score (nSPS) is 20.2. The lowest BCUT2D eigenvalue weighted by Gasteiger charge is -2.48. The summed E-state index contributed by atoms with van der Waals surface area (Å²) in [4.78, 5) is 60.3. The molecule has 7 heterocycles. The average Bonchev–Trinajstić information content (AvgIpc) is 3.71. The molecule has 18 heteroatoms. The van der Waals surface area contributed by atoms with Crippen LogP contribution in [0.5, 0.6) is 11.5 Å². The minimum Gasteiger partial charge on any atom is -0.508 e. The van der Waals surface area contributed by atoms with Gasteiger partial charge in [-0.05, 0) is 59.9 Å². The van der Waals surface area contributed by atoms with Gasteiger partial charge in [-0.15, -0.1) is 0 Å². The number of hydrogen-bond donors (Lipinski definition) is 4. The molecule has 1 spiro atoms. The Balaban J connectivity index is 0.793. The van der Waals surface area contributed by atoms with Crippen LogP contribution in [0.15, 0.2) is 42.7 Å². The van der Waals surface area contributed by atoms with Gasteiger partial charge in [0.15, 0.2) is 5.82 Å². The minimum atomic E-state index is -1.43. The molecular weight excluding hydrogens is 795 g/mol. The van der Waals surface area contributed by atoms with Crippen LogP contribution in [0.2, 0.25) is 0 Å². The standard InChI is InChI=1S/C44H55N11O7/c1-28(2)33-20-34(36(57)21-35(33)56)38(58)55-25-30-4-3-29(19-31(30)26-55)24-51-9-7-44(60,8-10-51)39(59)52-11-5-43(6-12-52)27-54(15-18-62-43)42-49-37(32-22-46-40(45)47-23-32)48-41(50-42)53-13-16-61-17-14-53/h3-4,19-23,28,56-57,60H,5-18,24-27H2,1-2H3,(H2,45,46,47). The third kappa shape index (κ3) is 8.43. The fraction of sp³-hybridized carbons (Fsp3) is 0.523. The Morgan fingerprint density at radius 3 is 2.18 bits per heavy atom. The van der Waals surface area contributed by atoms with Crippen LogP contribution >= 0.6 is 0 Å². The Morgan fingerprint density at radius 1 is 0.790 bits per heavy atom. The van der Waals surface area contributed by atoms with Crippen molar-refractivity contribution in [2.24, 2.45) is 0 Å². The first-order valence-electron chi connectivity index (χ1n) is 21.6. The van der Waals surface area contributed by atoms with Gasteiger partial charge in [0.1, 0.15) is 17.1 Å². The lowest BCUT2D eigenvalue weighted by atomic mass is 9.86. The number of phenols is 2. The Kier molecular flexibility index (Phi) is 11.3. The molecule has 5 aliphatic heterocycles. The number of piperidine rings is 2. The Morgan fingerprint density at radius 2 is 1.47 bits per heavy atom. The smallest absolute Gasteiger partial charge is 0.258 e. The number of phenolic OH excluding ortho intramolecular Hbond substituents is 2. The van der Waals surface area contributed by atoms with Crippen LogP contribution in [0.1, 0.15) is 78.1 Å². The summed E-state index contributed by atoms with van der Waals surface area (Å²) in [6.45, 7) is 11.6. The third-order valence-corrected chi connectivity index (χ3v) is 13.1. The number of aromatic hydroxyl groups is 2. The molecule has 9 rings (SSSR count). The van der Waals surface area contributed by atoms with Gasteiger partial charge in [0, 0.05) is 83.9 Å². The molecule has 4 fully saturated rings. The maximum Gasteiger partial charge on any atom is 0.258 e. The van der Waals surface area contributed by atoms with E-state index in [4.69, 9.17) is 30.2 Å². The predicted octanol–water partition coefficient (Wildman–Crippen LogP) is 2.66. The molecule has 18 nitrogen and oxygen atoms in total. The van der Waals surface area contributed by atoms with E-state index in [0.717, 1.165) is 16.7 Å². The van der Waals surface area contributed by atoms with Crippen LogP contribution in [-0.2, 0) is 33.9 Å². The van der Waals surface area contributed by atoms with Crippen LogP contribution in [0.4, 0.5) is 17.8 Å². The van der Waals surface area contributed by atoms with E-state index in [1.54, 1.807) is 28.3 Å². The minimum absolute atomic E-state index is 0.00867. The number of morpholine rings is 2. The number of ether oxygens (including phenoxy) is 2. The van der Waals surface area contributed by atoms with E-state index in [1.807, 2.05) is 13.8 Å². The zero-order valence-corrected chi connectivity index (χ0v) is 35.4. The van der Waals surface area contributed by atoms with E-state index in [9.17, 15) is 24.9 Å². The molecule has 2 amide bonds. The predicted molar refractivity (Wildman–Crippen MR) is 228 cm³/mol. The number of rotatable bonds is 8. The van der Waals surface area contributed by atoms with E-state index in [1.165, 1.54) is 6.07 Å². The van der Waals surface area contributed by atoms with Crippen molar-refractivity contribution in [3.05, 3.63) is 70.5 Å². The molecule has 62 heavy (non-hydrogen) atoms. The highest BCUT2D eigenvalue weighted by Gasteiger charge is 2.47. The highest BCUT2D eigenvalue weighted by Crippen LogP contribution is 2.37. The fourth-order valence-corrected chi connectivity index (χ4v) is 9.35. The number of amides is 2. The lowest BCUT2D eigenvalue weighted by molar-refractivity contribution is -0.163. The van der Waals surface area contributed by atoms with Gasteiger partial charge in [0.25, 0.3) is 11.8 Å². The maximum atomic E-state index is 14.0. The molecule has 2 aromatic heterocycles. The summed E-state index contributed by atoms with van der Waals surface area (Å²) in [5.74, 6) is 0.969. The van der Waals surface area contributed by atoms with E-state index < -0.39 is 11.2 Å². The molecule has 0 aliphatic carbocycles. The van der Waals surface area contributed by atoms with Gasteiger partial charge in [0.05, 0.1) is 43.1 Å². The average molecular weight is 850 g/mol. The summed E-state index contributed by atoms with van der Waals surface area (Å²) in [5, 5.41) is 32.5. The third-order valence-electron chi connectivity index (χ3n) is 13.1. The number of aliphatic hydroxyl groups is 1. The van der Waals surface area contributed by atoms with Crippen molar-refractivity contribution in [1.82, 2.24) is 39.6 Å². The molecule has 4 aromatic rings. The number of nitrogens with two attached hydrogens (primary N) is 1. The molecule has 5 N–H and O–H groups in total. The van der Waals surface area contributed by atoms with E-state index in [0.29, 0.717) is 146 Å². The second-order valence-electron chi connectivity index (χ2n) is 17.6. The molecule has 5 aliphatic rings. The van der Waals surface area contributed by atoms with Crippen molar-refractivity contribution in [1.29, 1.82) is 0 Å². The van der Waals surface area contributed by atoms with Crippen LogP contribution in [0.3, 0.4) is 0 Å². The first kappa shape index (κ1) is 41.7. The number of fused-ring (bicyclic) bond motifs is 1. The monoisotopic (exact) mass is 849 g/mol. The molecule has 4 saturated heterocycles. The van der Waals surface area contributed by atoms with E-state index in [-0.39, 0.29) is 40.7 Å². The van der Waals surface area contributed by atoms with Gasteiger partial charge in [0.2, 0.25) is 17.8 Å². The van der Waals surface area contributed by atoms with Gasteiger partial charge in [-0.2, -0.15) is 15.0 Å². The highest BCUT2D eigenvalue weighted by molar-refractivity contribution is 5.97. The number of hydrogen-bond acceptors (Lipinski definition) is 16. The molecule has 2 aromatic carbocycles. The van der Waals surface area contributed by atoms with Gasteiger partial charge in [-0.3, -0.25) is 14.5 Å².